The van der Waals surface area contributed by atoms with Gasteiger partial charge in [-0.2, -0.15) is 0 Å². The highest BCUT2D eigenvalue weighted by atomic mass is 19.1. The van der Waals surface area contributed by atoms with Crippen molar-refractivity contribution in [3.63, 3.8) is 0 Å². The van der Waals surface area contributed by atoms with Crippen LogP contribution in [0.2, 0.25) is 0 Å². The molecule has 2 fully saturated rings. The lowest BCUT2D eigenvalue weighted by molar-refractivity contribution is -0.125. The van der Waals surface area contributed by atoms with Crippen LogP contribution >= 0.6 is 0 Å². The van der Waals surface area contributed by atoms with Crippen LogP contribution in [0.1, 0.15) is 31.2 Å². The standard InChI is InChI=1S/C26H30FN5O3/c1-16-3-8-20(27)22(11-16)31-26-19-12-24(23(34-2)13-21(19)29-15-30-26)35-18-6-4-17(5-7-18)32-10-9-28-25(33)14-32/h3,8,11-13,15,17-18H,4-7,9-10,14H2,1-2H3,(H,28,33)(H,29,30,31). The molecule has 1 aliphatic carbocycles. The fourth-order valence-corrected chi connectivity index (χ4v) is 4.96. The average molecular weight is 480 g/mol. The molecule has 184 valence electrons. The van der Waals surface area contributed by atoms with Crippen LogP contribution in [0.5, 0.6) is 11.5 Å². The summed E-state index contributed by atoms with van der Waals surface area (Å²) in [5.41, 5.74) is 1.97. The Morgan fingerprint density at radius 3 is 2.71 bits per heavy atom. The maximum Gasteiger partial charge on any atom is 0.234 e. The number of aromatic nitrogens is 2. The monoisotopic (exact) mass is 479 g/mol. The van der Waals surface area contributed by atoms with Gasteiger partial charge in [-0.3, -0.25) is 9.69 Å². The van der Waals surface area contributed by atoms with Crippen LogP contribution in [0.15, 0.2) is 36.7 Å². The first kappa shape index (κ1) is 23.3. The second-order valence-electron chi connectivity index (χ2n) is 9.22. The Bertz CT molecular complexity index is 1230. The Morgan fingerprint density at radius 1 is 1.11 bits per heavy atom. The zero-order valence-corrected chi connectivity index (χ0v) is 20.0. The van der Waals surface area contributed by atoms with Crippen molar-refractivity contribution in [1.82, 2.24) is 20.2 Å². The zero-order valence-electron chi connectivity index (χ0n) is 20.0. The Kier molecular flexibility index (Phi) is 6.68. The molecule has 2 aromatic carbocycles. The zero-order chi connectivity index (χ0) is 24.4. The third-order valence-electron chi connectivity index (χ3n) is 6.82. The van der Waals surface area contributed by atoms with Gasteiger partial charge < -0.3 is 20.1 Å². The summed E-state index contributed by atoms with van der Waals surface area (Å²) in [7, 11) is 1.61. The molecule has 8 nitrogen and oxygen atoms in total. The fourth-order valence-electron chi connectivity index (χ4n) is 4.96. The van der Waals surface area contributed by atoms with Gasteiger partial charge in [-0.05, 0) is 56.4 Å². The van der Waals surface area contributed by atoms with Crippen molar-refractivity contribution >= 4 is 28.3 Å². The first-order valence-corrected chi connectivity index (χ1v) is 12.0. The smallest absolute Gasteiger partial charge is 0.234 e. The van der Waals surface area contributed by atoms with Gasteiger partial charge in [0.2, 0.25) is 5.91 Å². The Morgan fingerprint density at radius 2 is 1.94 bits per heavy atom. The van der Waals surface area contributed by atoms with Gasteiger partial charge in [-0.25, -0.2) is 14.4 Å². The normalized spacial score (nSPS) is 20.9. The lowest BCUT2D eigenvalue weighted by atomic mass is 9.91. The van der Waals surface area contributed by atoms with Crippen LogP contribution in [0.4, 0.5) is 15.9 Å². The topological polar surface area (TPSA) is 88.6 Å². The molecule has 2 N–H and O–H groups in total. The van der Waals surface area contributed by atoms with E-state index in [4.69, 9.17) is 9.47 Å². The number of halogens is 1. The van der Waals surface area contributed by atoms with E-state index in [1.165, 1.54) is 12.4 Å². The van der Waals surface area contributed by atoms with Crippen LogP contribution in [-0.2, 0) is 4.79 Å². The van der Waals surface area contributed by atoms with E-state index in [0.717, 1.165) is 43.2 Å². The van der Waals surface area contributed by atoms with Crippen molar-refractivity contribution in [3.05, 3.63) is 48.0 Å². The van der Waals surface area contributed by atoms with Crippen molar-refractivity contribution in [1.29, 1.82) is 0 Å². The van der Waals surface area contributed by atoms with Gasteiger partial charge in [-0.15, -0.1) is 0 Å². The molecule has 0 atom stereocenters. The van der Waals surface area contributed by atoms with Gasteiger partial charge in [0.05, 0.1) is 31.0 Å². The predicted octanol–water partition coefficient (Wildman–Crippen LogP) is 3.95. The van der Waals surface area contributed by atoms with E-state index >= 15 is 0 Å². The minimum atomic E-state index is -0.352. The van der Waals surface area contributed by atoms with Crippen LogP contribution in [-0.4, -0.2) is 59.7 Å². The average Bonchev–Trinajstić information content (AvgIpc) is 2.86. The molecule has 2 aliphatic rings. The number of piperazine rings is 1. The molecule has 5 rings (SSSR count). The van der Waals surface area contributed by atoms with Gasteiger partial charge in [0.1, 0.15) is 18.0 Å². The van der Waals surface area contributed by atoms with Crippen LogP contribution < -0.4 is 20.1 Å². The summed E-state index contributed by atoms with van der Waals surface area (Å²) in [4.78, 5) is 22.8. The molecular weight excluding hydrogens is 449 g/mol. The van der Waals surface area contributed by atoms with Gasteiger partial charge in [0.15, 0.2) is 11.5 Å². The SMILES string of the molecule is COc1cc2ncnc(Nc3cc(C)ccc3F)c2cc1OC1CCC(N2CCNC(=O)C2)CC1. The molecule has 1 aromatic heterocycles. The lowest BCUT2D eigenvalue weighted by Crippen LogP contribution is -2.52. The number of amides is 1. The third kappa shape index (κ3) is 5.14. The summed E-state index contributed by atoms with van der Waals surface area (Å²) in [6.45, 7) is 4.01. The summed E-state index contributed by atoms with van der Waals surface area (Å²) in [6, 6.07) is 9.00. The minimum Gasteiger partial charge on any atom is -0.493 e. The number of ether oxygens (including phenoxy) is 2. The van der Waals surface area contributed by atoms with Gasteiger partial charge in [0.25, 0.3) is 0 Å². The molecule has 1 aliphatic heterocycles. The molecule has 1 amide bonds. The number of hydrogen-bond donors (Lipinski definition) is 2. The molecule has 9 heteroatoms. The molecule has 3 aromatic rings. The number of methoxy groups -OCH3 is 1. The maximum atomic E-state index is 14.4. The Balaban J connectivity index is 1.35. The number of carbonyl (C=O) groups is 1. The largest absolute Gasteiger partial charge is 0.493 e. The third-order valence-corrected chi connectivity index (χ3v) is 6.82. The summed E-state index contributed by atoms with van der Waals surface area (Å²) >= 11 is 0. The Hall–Kier alpha value is -3.46. The summed E-state index contributed by atoms with van der Waals surface area (Å²) in [5, 5.41) is 6.72. The molecule has 35 heavy (non-hydrogen) atoms. The fraction of sp³-hybridized carbons (Fsp3) is 0.423. The van der Waals surface area contributed by atoms with E-state index in [-0.39, 0.29) is 17.8 Å². The number of carbonyl (C=O) groups excluding carboxylic acids is 1. The first-order valence-electron chi connectivity index (χ1n) is 12.0. The second-order valence-corrected chi connectivity index (χ2v) is 9.22. The molecule has 0 spiro atoms. The quantitative estimate of drug-likeness (QED) is 0.553. The maximum absolute atomic E-state index is 14.4. The molecule has 1 saturated heterocycles. The summed E-state index contributed by atoms with van der Waals surface area (Å²) in [6.07, 6.45) is 5.25. The number of anilines is 2. The van der Waals surface area contributed by atoms with Crippen molar-refractivity contribution in [3.8, 4) is 11.5 Å². The van der Waals surface area contributed by atoms with E-state index in [1.807, 2.05) is 19.1 Å². The molecule has 2 heterocycles. The molecule has 0 radical (unpaired) electrons. The van der Waals surface area contributed by atoms with E-state index in [0.29, 0.717) is 47.7 Å². The van der Waals surface area contributed by atoms with E-state index < -0.39 is 0 Å². The molecule has 0 bridgehead atoms. The van der Waals surface area contributed by atoms with Gasteiger partial charge in [-0.1, -0.05) is 6.07 Å². The number of hydrogen-bond acceptors (Lipinski definition) is 7. The second kappa shape index (κ2) is 10.0. The highest BCUT2D eigenvalue weighted by Gasteiger charge is 2.30. The van der Waals surface area contributed by atoms with E-state index in [1.54, 1.807) is 19.2 Å². The number of nitrogens with one attached hydrogen (secondary N) is 2. The van der Waals surface area contributed by atoms with Crippen molar-refractivity contribution in [2.24, 2.45) is 0 Å². The van der Waals surface area contributed by atoms with Crippen LogP contribution in [0.3, 0.4) is 0 Å². The van der Waals surface area contributed by atoms with Crippen molar-refractivity contribution in [2.45, 2.75) is 44.8 Å². The predicted molar refractivity (Wildman–Crippen MR) is 132 cm³/mol. The molecule has 0 unspecified atom stereocenters. The minimum absolute atomic E-state index is 0.0477. The number of fused-ring (bicyclic) bond motifs is 1. The van der Waals surface area contributed by atoms with Gasteiger partial charge in [0, 0.05) is 30.6 Å². The summed E-state index contributed by atoms with van der Waals surface area (Å²) in [5.74, 6) is 1.46. The van der Waals surface area contributed by atoms with Crippen LogP contribution in [0.25, 0.3) is 10.9 Å². The highest BCUT2D eigenvalue weighted by Crippen LogP contribution is 2.37. The molecule has 1 saturated carbocycles. The Labute approximate surface area is 203 Å². The van der Waals surface area contributed by atoms with Crippen molar-refractivity contribution < 1.29 is 18.7 Å². The van der Waals surface area contributed by atoms with Gasteiger partial charge >= 0.3 is 0 Å². The van der Waals surface area contributed by atoms with Crippen molar-refractivity contribution in [2.75, 3.05) is 32.1 Å². The number of rotatable bonds is 6. The number of benzene rings is 2. The number of nitrogens with zero attached hydrogens (tertiary/aromatic N) is 3. The van der Waals surface area contributed by atoms with Crippen LogP contribution in [0, 0.1) is 12.7 Å². The molecular formula is C26H30FN5O3. The van der Waals surface area contributed by atoms with E-state index in [9.17, 15) is 9.18 Å². The highest BCUT2D eigenvalue weighted by molar-refractivity contribution is 5.93. The van der Waals surface area contributed by atoms with E-state index in [2.05, 4.69) is 25.5 Å². The summed E-state index contributed by atoms with van der Waals surface area (Å²) < 4.78 is 26.4. The lowest BCUT2D eigenvalue weighted by Gasteiger charge is -2.38. The number of aryl methyl sites for hydroxylation is 1. The first-order chi connectivity index (χ1) is 17.0.